The molecule has 9 heteroatoms. The van der Waals surface area contributed by atoms with Crippen LogP contribution in [0.3, 0.4) is 0 Å². The van der Waals surface area contributed by atoms with E-state index in [-0.39, 0.29) is 18.7 Å². The number of urea groups is 1. The summed E-state index contributed by atoms with van der Waals surface area (Å²) in [4.78, 5) is 11.9. The van der Waals surface area contributed by atoms with Crippen LogP contribution < -0.4 is 10.6 Å². The zero-order chi connectivity index (χ0) is 19.4. The molecule has 0 aliphatic carbocycles. The molecule has 27 heavy (non-hydrogen) atoms. The monoisotopic (exact) mass is 395 g/mol. The Balaban J connectivity index is 1.50. The van der Waals surface area contributed by atoms with Crippen molar-refractivity contribution in [3.05, 3.63) is 65.4 Å². The average molecular weight is 395 g/mol. The lowest BCUT2D eigenvalue weighted by atomic mass is 10.1. The van der Waals surface area contributed by atoms with Crippen molar-refractivity contribution in [3.8, 4) is 0 Å². The molecule has 1 aromatic heterocycles. The van der Waals surface area contributed by atoms with E-state index in [0.29, 0.717) is 0 Å². The number of hydrogen-bond acceptors (Lipinski definition) is 4. The normalized spacial score (nSPS) is 12.7. The third-order valence-electron chi connectivity index (χ3n) is 3.95. The third kappa shape index (κ3) is 4.75. The lowest BCUT2D eigenvalue weighted by molar-refractivity contribution is -0.137. The molecular weight excluding hydrogens is 379 g/mol. The topological polar surface area (TPSA) is 74.2 Å². The fourth-order valence-corrected chi connectivity index (χ4v) is 3.29. The summed E-state index contributed by atoms with van der Waals surface area (Å²) < 4.78 is 42.9. The molecule has 3 aromatic rings. The number of carbonyl (C=O) groups excluding carboxylic acids is 1. The van der Waals surface area contributed by atoms with Gasteiger partial charge in [-0.2, -0.15) is 17.5 Å². The summed E-state index contributed by atoms with van der Waals surface area (Å²) in [5, 5.41) is 16.1. The molecule has 0 aliphatic heterocycles. The number of carbonyl (C=O) groups is 1. The number of halogens is 3. The van der Waals surface area contributed by atoms with Crippen LogP contribution in [0.5, 0.6) is 0 Å². The summed E-state index contributed by atoms with van der Waals surface area (Å²) in [5.74, 6) is 0. The molecule has 2 aromatic carbocycles. The Kier molecular flexibility index (Phi) is 5.62. The van der Waals surface area contributed by atoms with Crippen LogP contribution in [-0.4, -0.2) is 22.1 Å². The molecule has 142 valence electrons. The number of amides is 2. The number of benzene rings is 2. The number of aromatic nitrogens is 1. The predicted octanol–water partition coefficient (Wildman–Crippen LogP) is 3.85. The number of aliphatic hydroxyl groups is 1. The Morgan fingerprint density at radius 3 is 2.52 bits per heavy atom. The average Bonchev–Trinajstić information content (AvgIpc) is 3.07. The van der Waals surface area contributed by atoms with Gasteiger partial charge in [0.25, 0.3) is 0 Å². The van der Waals surface area contributed by atoms with E-state index < -0.39 is 23.9 Å². The lowest BCUT2D eigenvalue weighted by Crippen LogP contribution is -2.37. The quantitative estimate of drug-likeness (QED) is 0.614. The van der Waals surface area contributed by atoms with Crippen LogP contribution in [0, 0.1) is 0 Å². The van der Waals surface area contributed by atoms with Crippen molar-refractivity contribution in [2.24, 2.45) is 0 Å². The zero-order valence-electron chi connectivity index (χ0n) is 14.0. The highest BCUT2D eigenvalue weighted by Crippen LogP contribution is 2.29. The van der Waals surface area contributed by atoms with Crippen molar-refractivity contribution in [2.45, 2.75) is 18.8 Å². The van der Waals surface area contributed by atoms with Gasteiger partial charge in [0.2, 0.25) is 0 Å². The minimum atomic E-state index is -4.43. The molecule has 3 N–H and O–H groups in total. The first kappa shape index (κ1) is 19.1. The number of fused-ring (bicyclic) bond motifs is 1. The van der Waals surface area contributed by atoms with E-state index in [2.05, 4.69) is 15.0 Å². The highest BCUT2D eigenvalue weighted by Gasteiger charge is 2.30. The lowest BCUT2D eigenvalue weighted by Gasteiger charge is -2.14. The van der Waals surface area contributed by atoms with Gasteiger partial charge in [0.05, 0.1) is 28.6 Å². The van der Waals surface area contributed by atoms with E-state index in [1.807, 2.05) is 24.3 Å². The largest absolute Gasteiger partial charge is 0.416 e. The van der Waals surface area contributed by atoms with Gasteiger partial charge in [-0.3, -0.25) is 0 Å². The molecule has 0 spiro atoms. The summed E-state index contributed by atoms with van der Waals surface area (Å²) in [7, 11) is 0. The molecule has 3 rings (SSSR count). The first-order valence-electron chi connectivity index (χ1n) is 8.05. The SMILES string of the molecule is O=C(NCc1nsc2ccccc12)NCC(O)c1ccc(C(F)(F)F)cc1. The summed E-state index contributed by atoms with van der Waals surface area (Å²) in [6, 6.07) is 11.3. The van der Waals surface area contributed by atoms with Crippen molar-refractivity contribution in [3.63, 3.8) is 0 Å². The van der Waals surface area contributed by atoms with Crippen LogP contribution in [0.4, 0.5) is 18.0 Å². The Morgan fingerprint density at radius 2 is 1.81 bits per heavy atom. The zero-order valence-corrected chi connectivity index (χ0v) is 14.8. The highest BCUT2D eigenvalue weighted by atomic mass is 32.1. The molecule has 5 nitrogen and oxygen atoms in total. The molecule has 0 saturated carbocycles. The molecule has 1 heterocycles. The van der Waals surface area contributed by atoms with E-state index in [9.17, 15) is 23.1 Å². The van der Waals surface area contributed by atoms with E-state index in [1.54, 1.807) is 0 Å². The van der Waals surface area contributed by atoms with Crippen LogP contribution in [0.25, 0.3) is 10.1 Å². The standard InChI is InChI=1S/C18H16F3N3O2S/c19-18(20,21)12-7-5-11(6-8-12)15(25)10-23-17(26)22-9-14-13-3-1-2-4-16(13)27-24-14/h1-8,15,25H,9-10H2,(H2,22,23,26). The summed E-state index contributed by atoms with van der Waals surface area (Å²) in [5.41, 5.74) is 0.238. The number of nitrogens with one attached hydrogen (secondary N) is 2. The Hall–Kier alpha value is -2.65. The second kappa shape index (κ2) is 7.93. The van der Waals surface area contributed by atoms with Gasteiger partial charge in [-0.25, -0.2) is 4.79 Å². The second-order valence-electron chi connectivity index (χ2n) is 5.82. The summed E-state index contributed by atoms with van der Waals surface area (Å²) >= 11 is 1.34. The van der Waals surface area contributed by atoms with E-state index in [0.717, 1.165) is 27.9 Å². The van der Waals surface area contributed by atoms with Gasteiger partial charge in [0, 0.05) is 11.9 Å². The van der Waals surface area contributed by atoms with Crippen molar-refractivity contribution in [1.82, 2.24) is 15.0 Å². The van der Waals surface area contributed by atoms with Gasteiger partial charge in [-0.05, 0) is 35.3 Å². The number of alkyl halides is 3. The van der Waals surface area contributed by atoms with Crippen LogP contribution in [-0.2, 0) is 12.7 Å². The van der Waals surface area contributed by atoms with Crippen LogP contribution in [0.1, 0.15) is 22.9 Å². The molecule has 1 atom stereocenters. The Bertz CT molecular complexity index is 925. The predicted molar refractivity (Wildman–Crippen MR) is 96.3 cm³/mol. The smallest absolute Gasteiger partial charge is 0.387 e. The second-order valence-corrected chi connectivity index (χ2v) is 6.63. The van der Waals surface area contributed by atoms with Crippen molar-refractivity contribution >= 4 is 27.6 Å². The van der Waals surface area contributed by atoms with Gasteiger partial charge in [-0.15, -0.1) is 0 Å². The number of nitrogens with zero attached hydrogens (tertiary/aromatic N) is 1. The minimum Gasteiger partial charge on any atom is -0.387 e. The third-order valence-corrected chi connectivity index (χ3v) is 4.81. The van der Waals surface area contributed by atoms with E-state index in [1.165, 1.54) is 23.7 Å². The van der Waals surface area contributed by atoms with Gasteiger partial charge in [0.15, 0.2) is 0 Å². The van der Waals surface area contributed by atoms with Crippen LogP contribution in [0.15, 0.2) is 48.5 Å². The molecular formula is C18H16F3N3O2S. The molecule has 0 saturated heterocycles. The van der Waals surface area contributed by atoms with E-state index >= 15 is 0 Å². The highest BCUT2D eigenvalue weighted by molar-refractivity contribution is 7.13. The first-order chi connectivity index (χ1) is 12.8. The number of hydrogen-bond donors (Lipinski definition) is 3. The van der Waals surface area contributed by atoms with Crippen LogP contribution >= 0.6 is 11.5 Å². The first-order valence-corrected chi connectivity index (χ1v) is 8.82. The maximum absolute atomic E-state index is 12.5. The maximum atomic E-state index is 12.5. The molecule has 0 bridgehead atoms. The van der Waals surface area contributed by atoms with Gasteiger partial charge < -0.3 is 15.7 Å². The van der Waals surface area contributed by atoms with Crippen molar-refractivity contribution in [1.29, 1.82) is 0 Å². The fourth-order valence-electron chi connectivity index (χ4n) is 2.49. The maximum Gasteiger partial charge on any atom is 0.416 e. The Labute approximate surface area is 157 Å². The van der Waals surface area contributed by atoms with Gasteiger partial charge in [-0.1, -0.05) is 30.3 Å². The van der Waals surface area contributed by atoms with Crippen molar-refractivity contribution in [2.75, 3.05) is 6.54 Å². The summed E-state index contributed by atoms with van der Waals surface area (Å²) in [6.45, 7) is 0.0984. The van der Waals surface area contributed by atoms with Gasteiger partial charge in [0.1, 0.15) is 0 Å². The molecule has 0 fully saturated rings. The minimum absolute atomic E-state index is 0.130. The molecule has 1 unspecified atom stereocenters. The summed E-state index contributed by atoms with van der Waals surface area (Å²) in [6.07, 6.45) is -5.54. The number of rotatable bonds is 5. The Morgan fingerprint density at radius 1 is 1.11 bits per heavy atom. The molecule has 0 aliphatic rings. The molecule has 0 radical (unpaired) electrons. The number of aliphatic hydroxyl groups excluding tert-OH is 1. The van der Waals surface area contributed by atoms with E-state index in [4.69, 9.17) is 0 Å². The van der Waals surface area contributed by atoms with Crippen LogP contribution in [0.2, 0.25) is 0 Å². The van der Waals surface area contributed by atoms with Gasteiger partial charge >= 0.3 is 12.2 Å². The fraction of sp³-hybridized carbons (Fsp3) is 0.222. The van der Waals surface area contributed by atoms with Crippen molar-refractivity contribution < 1.29 is 23.1 Å². The molecule has 2 amide bonds.